The first kappa shape index (κ1) is 106. The fraction of sp³-hybridized carbons (Fsp3) is 0.957. The Kier molecular flexibility index (Phi) is 76.0. The van der Waals surface area contributed by atoms with E-state index in [1.807, 2.05) is 0 Å². The van der Waals surface area contributed by atoms with Crippen LogP contribution in [0.3, 0.4) is 0 Å². The van der Waals surface area contributed by atoms with Crippen LogP contribution in [0, 0.1) is 0 Å². The molecule has 0 radical (unpaired) electrons. The van der Waals surface area contributed by atoms with Crippen LogP contribution in [0.5, 0.6) is 0 Å². The molecule has 0 fully saturated rings. The van der Waals surface area contributed by atoms with Gasteiger partial charge < -0.3 is 20.4 Å². The number of aliphatic hydroxyl groups is 4. The topological polar surface area (TPSA) is 130 Å². The largest absolute Gasteiger partial charge is 0.390 e. The van der Waals surface area contributed by atoms with Gasteiger partial charge in [0.1, 0.15) is 52.4 Å². The van der Waals surface area contributed by atoms with Crippen LogP contribution in [0.1, 0.15) is 413 Å². The molecule has 0 amide bonds. The number of rotatable bonds is 76. The zero-order valence-electron chi connectivity index (χ0n) is 72.3. The number of nitrogens with zero attached hydrogens (tertiary/aromatic N) is 8. The van der Waals surface area contributed by atoms with Crippen molar-refractivity contribution in [2.45, 2.75) is 413 Å². The number of alkyl halides is 4. The lowest BCUT2D eigenvalue weighted by Gasteiger charge is -2.34. The average molecular weight is 1610 g/mol. The first-order valence-electron chi connectivity index (χ1n) is 47.4. The summed E-state index contributed by atoms with van der Waals surface area (Å²) in [6.45, 7) is 26.0. The van der Waals surface area contributed by atoms with E-state index in [1.165, 1.54) is 332 Å². The van der Waals surface area contributed by atoms with Gasteiger partial charge in [-0.1, -0.05) is 310 Å². The van der Waals surface area contributed by atoms with Crippen molar-refractivity contribution < 1.29 is 38.4 Å². The van der Waals surface area contributed by atoms with Gasteiger partial charge in [0.25, 0.3) is 0 Å². The van der Waals surface area contributed by atoms with Crippen LogP contribution in [0.25, 0.3) is 0 Å². The van der Waals surface area contributed by atoms with E-state index in [2.05, 4.69) is 27.7 Å². The molecule has 4 N–H and O–H groups in total. The molecular formula is C92H184Cl4N8O4+4. The molecule has 16 heteroatoms. The number of amidine groups is 4. The number of hydrogen-bond donors (Lipinski definition) is 4. The Labute approximate surface area is 691 Å². The van der Waals surface area contributed by atoms with E-state index in [9.17, 15) is 20.4 Å². The molecule has 640 valence electrons. The molecule has 12 nitrogen and oxygen atoms in total. The van der Waals surface area contributed by atoms with Crippen molar-refractivity contribution in [1.29, 1.82) is 0 Å². The second kappa shape index (κ2) is 77.7. The summed E-state index contributed by atoms with van der Waals surface area (Å²) in [5, 5.41) is 38.2. The molecule has 4 rings (SSSR count). The van der Waals surface area contributed by atoms with Gasteiger partial charge in [0, 0.05) is 49.2 Å². The number of aliphatic imine (C=N–C) groups is 4. The molecule has 0 aromatic rings. The second-order valence-corrected chi connectivity index (χ2v) is 35.0. The normalized spacial score (nSPS) is 19.6. The minimum atomic E-state index is 0.262. The van der Waals surface area contributed by atoms with Crippen LogP contribution in [0.4, 0.5) is 0 Å². The second-order valence-electron chi connectivity index (χ2n) is 33.5. The van der Waals surface area contributed by atoms with Crippen molar-refractivity contribution in [2.75, 3.05) is 155 Å². The number of unbranched alkanes of at least 4 members (excludes halogenated alkanes) is 48. The van der Waals surface area contributed by atoms with Crippen LogP contribution in [-0.2, 0) is 0 Å². The van der Waals surface area contributed by atoms with Gasteiger partial charge in [-0.15, -0.1) is 46.4 Å². The van der Waals surface area contributed by atoms with Crippen LogP contribution in [-0.4, -0.2) is 216 Å². The predicted molar refractivity (Wildman–Crippen MR) is 480 cm³/mol. The smallest absolute Gasteiger partial charge is 0.198 e. The molecule has 4 unspecified atom stereocenters. The monoisotopic (exact) mass is 1610 g/mol. The van der Waals surface area contributed by atoms with Gasteiger partial charge in [0.05, 0.1) is 78.8 Å². The minimum absolute atomic E-state index is 0.262. The molecule has 4 atom stereocenters. The molecule has 0 saturated carbocycles. The fourth-order valence-electron chi connectivity index (χ4n) is 17.5. The first-order valence-corrected chi connectivity index (χ1v) is 49.6. The highest BCUT2D eigenvalue weighted by atomic mass is 35.5. The molecule has 0 bridgehead atoms. The summed E-state index contributed by atoms with van der Waals surface area (Å²) in [7, 11) is 0. The van der Waals surface area contributed by atoms with Gasteiger partial charge in [-0.3, -0.25) is 17.9 Å². The van der Waals surface area contributed by atoms with Crippen molar-refractivity contribution in [3.05, 3.63) is 0 Å². The molecular weight excluding hydrogens is 1420 g/mol. The van der Waals surface area contributed by atoms with Crippen LogP contribution in [0.15, 0.2) is 20.0 Å². The summed E-state index contributed by atoms with van der Waals surface area (Å²) in [5.74, 6) is 8.37. The Balaban J connectivity index is 0.000000722. The third-order valence-corrected chi connectivity index (χ3v) is 25.6. The summed E-state index contributed by atoms with van der Waals surface area (Å²) >= 11 is 23.4. The van der Waals surface area contributed by atoms with Crippen LogP contribution in [0.2, 0.25) is 0 Å². The van der Waals surface area contributed by atoms with Gasteiger partial charge in [-0.25, -0.2) is 20.0 Å². The Bertz CT molecular complexity index is 2060. The van der Waals surface area contributed by atoms with Gasteiger partial charge in [0.15, 0.2) is 23.3 Å². The Morgan fingerprint density at radius 2 is 0.352 bits per heavy atom. The van der Waals surface area contributed by atoms with Crippen molar-refractivity contribution in [2.24, 2.45) is 20.0 Å². The lowest BCUT2D eigenvalue weighted by atomic mass is 10.0. The highest BCUT2D eigenvalue weighted by Crippen LogP contribution is 2.28. The Hall–Kier alpha value is -0.480. The van der Waals surface area contributed by atoms with Crippen molar-refractivity contribution in [3.63, 3.8) is 0 Å². The zero-order chi connectivity index (χ0) is 78.5. The van der Waals surface area contributed by atoms with E-state index < -0.39 is 0 Å². The number of quaternary nitrogens is 4. The molecule has 4 aliphatic heterocycles. The molecule has 0 aromatic heterocycles. The summed E-state index contributed by atoms with van der Waals surface area (Å²) < 4.78 is 3.74. The molecule has 0 spiro atoms. The molecule has 0 aromatic carbocycles. The lowest BCUT2D eigenvalue weighted by Crippen LogP contribution is -2.53. The Morgan fingerprint density at radius 3 is 0.491 bits per heavy atom. The van der Waals surface area contributed by atoms with Crippen molar-refractivity contribution >= 4 is 69.7 Å². The van der Waals surface area contributed by atoms with E-state index in [4.69, 9.17) is 66.4 Å². The van der Waals surface area contributed by atoms with Crippen molar-refractivity contribution in [1.82, 2.24) is 0 Å². The lowest BCUT2D eigenvalue weighted by molar-refractivity contribution is -0.837. The van der Waals surface area contributed by atoms with Crippen LogP contribution < -0.4 is 0 Å². The number of aliphatic hydroxyl groups excluding tert-OH is 4. The van der Waals surface area contributed by atoms with E-state index in [0.29, 0.717) is 0 Å². The van der Waals surface area contributed by atoms with E-state index in [0.717, 1.165) is 223 Å². The standard InChI is InChI=1S/C26H52ClN2O.C24H48ClN2O.C22H44ClN2O.C20H40ClN2O/c1-2-3-4-5-6-7-8-9-10-11-12-13-14-15-16-19-26-28-21-23-29(26,24-25-30)22-18-17-20-27;1-2-3-4-5-6-7-8-9-10-11-12-13-14-17-24-26-19-21-27(24,22-23-28)20-16-15-18-25;1-2-3-4-5-6-7-8-9-10-11-12-15-22-24-17-19-25(22,20-21-26)18-14-13-16-23;1-2-3-4-5-6-7-8-9-10-13-20-22-15-17-23(20,18-19-24)16-12-11-14-21/h30H,2-25H2,1H3;28H,2-23H2,1H3;26H,2-21H2,1H3;24H,2-19H2,1H3/q4*+1. The van der Waals surface area contributed by atoms with Gasteiger partial charge >= 0.3 is 0 Å². The number of halogens is 4. The fourth-order valence-corrected chi connectivity index (χ4v) is 18.3. The van der Waals surface area contributed by atoms with Gasteiger partial charge in [-0.05, 0) is 77.0 Å². The van der Waals surface area contributed by atoms with Crippen molar-refractivity contribution in [3.8, 4) is 0 Å². The van der Waals surface area contributed by atoms with E-state index >= 15 is 0 Å². The minimum Gasteiger partial charge on any atom is -0.390 e. The summed E-state index contributed by atoms with van der Waals surface area (Å²) in [5.41, 5.74) is 0. The maximum absolute atomic E-state index is 9.57. The zero-order valence-corrected chi connectivity index (χ0v) is 75.3. The van der Waals surface area contributed by atoms with Gasteiger partial charge in [0.2, 0.25) is 0 Å². The summed E-state index contributed by atoms with van der Waals surface area (Å²) in [6, 6.07) is 0. The predicted octanol–water partition coefficient (Wildman–Crippen LogP) is 25.3. The first-order chi connectivity index (χ1) is 53.1. The molecule has 108 heavy (non-hydrogen) atoms. The maximum Gasteiger partial charge on any atom is 0.198 e. The Morgan fingerprint density at radius 1 is 0.204 bits per heavy atom. The number of hydrogen-bond acceptors (Lipinski definition) is 8. The van der Waals surface area contributed by atoms with E-state index in [1.54, 1.807) is 0 Å². The van der Waals surface area contributed by atoms with E-state index in [-0.39, 0.29) is 26.4 Å². The third kappa shape index (κ3) is 53.0. The molecule has 0 saturated heterocycles. The third-order valence-electron chi connectivity index (χ3n) is 24.5. The molecule has 0 aliphatic carbocycles. The summed E-state index contributed by atoms with van der Waals surface area (Å²) in [6.07, 6.45) is 80.2. The SMILES string of the molecule is CCCCCCCCCCCC1=NCC[N+]1(CCO)CCCCCl.CCCCCCCCCCCCCC1=NCC[N+]1(CCO)CCCCCl.CCCCCCCCCCCCCCCC1=NCC[N+]1(CCO)CCCCCl.CCCCCCCCCCCCCCCCCC1=NCC[N+]1(CCO)CCCCCl. The molecule has 4 heterocycles. The molecule has 4 aliphatic rings. The highest BCUT2D eigenvalue weighted by molar-refractivity contribution is 6.18. The average Bonchev–Trinajstić information content (AvgIpc) is 1.69. The summed E-state index contributed by atoms with van der Waals surface area (Å²) in [4.78, 5) is 19.3. The maximum atomic E-state index is 9.57. The quantitative estimate of drug-likeness (QED) is 0.0274. The highest BCUT2D eigenvalue weighted by Gasteiger charge is 2.40. The van der Waals surface area contributed by atoms with Crippen LogP contribution >= 0.6 is 46.4 Å². The van der Waals surface area contributed by atoms with Gasteiger partial charge in [-0.2, -0.15) is 0 Å².